The first kappa shape index (κ1) is 23.9. The Labute approximate surface area is 213 Å². The number of Topliss-reactive ketones (excluding diaryl/α,β-unsaturated/α-hetero) is 2. The van der Waals surface area contributed by atoms with Crippen molar-refractivity contribution in [2.75, 3.05) is 0 Å². The molecular weight excluding hydrogens is 534 g/mol. The van der Waals surface area contributed by atoms with E-state index in [1.165, 1.54) is 6.07 Å². The van der Waals surface area contributed by atoms with Crippen molar-refractivity contribution < 1.29 is 24.2 Å². The highest BCUT2D eigenvalue weighted by Crippen LogP contribution is 2.49. The fourth-order valence-corrected chi connectivity index (χ4v) is 5.48. The van der Waals surface area contributed by atoms with Gasteiger partial charge < -0.3 is 10.1 Å². The highest BCUT2D eigenvalue weighted by Gasteiger charge is 2.41. The number of nitro benzene ring substituents is 2. The predicted molar refractivity (Wildman–Crippen MR) is 132 cm³/mol. The van der Waals surface area contributed by atoms with Crippen LogP contribution in [-0.4, -0.2) is 21.4 Å². The van der Waals surface area contributed by atoms with Crippen LogP contribution in [-0.2, 0) is 9.59 Å². The van der Waals surface area contributed by atoms with E-state index >= 15 is 0 Å². The summed E-state index contributed by atoms with van der Waals surface area (Å²) in [6.45, 7) is 0. The zero-order valence-corrected chi connectivity index (χ0v) is 20.5. The van der Waals surface area contributed by atoms with Gasteiger partial charge in [-0.2, -0.15) is 0 Å². The minimum absolute atomic E-state index is 0.0501. The van der Waals surface area contributed by atoms with Gasteiger partial charge in [-0.1, -0.05) is 15.9 Å². The van der Waals surface area contributed by atoms with Crippen molar-refractivity contribution in [1.29, 1.82) is 0 Å². The molecule has 184 valence electrons. The number of carbonyl (C=O) groups is 2. The molecule has 3 aliphatic rings. The summed E-state index contributed by atoms with van der Waals surface area (Å²) in [6.07, 6.45) is 3.52. The standard InChI is InChI=1S/C25H20BrN3O7/c26-13-7-9-21(36-22-10-8-14(28(32)33)12-18(22)29(34)35)15(11-13)23-24-16(3-1-5-19(24)30)27-17-4-2-6-20(31)25(17)23/h7-12,23,27H,1-6H2. The molecule has 2 aromatic carbocycles. The maximum absolute atomic E-state index is 13.2. The van der Waals surface area contributed by atoms with E-state index in [9.17, 15) is 29.8 Å². The van der Waals surface area contributed by atoms with E-state index in [1.807, 2.05) is 0 Å². The number of halogens is 1. The molecule has 0 atom stereocenters. The Morgan fingerprint density at radius 1 is 0.833 bits per heavy atom. The average Bonchev–Trinajstić information content (AvgIpc) is 2.84. The molecule has 1 aliphatic heterocycles. The lowest BCUT2D eigenvalue weighted by atomic mass is 9.71. The van der Waals surface area contributed by atoms with E-state index in [0.717, 1.165) is 23.5 Å². The van der Waals surface area contributed by atoms with Crippen LogP contribution in [0.2, 0.25) is 0 Å². The zero-order chi connectivity index (χ0) is 25.6. The summed E-state index contributed by atoms with van der Waals surface area (Å²) in [5.74, 6) is -0.743. The molecule has 5 rings (SSSR count). The van der Waals surface area contributed by atoms with Crippen molar-refractivity contribution in [3.05, 3.63) is 89.2 Å². The van der Waals surface area contributed by atoms with Crippen LogP contribution in [0.3, 0.4) is 0 Å². The maximum atomic E-state index is 13.2. The average molecular weight is 554 g/mol. The van der Waals surface area contributed by atoms with Crippen LogP contribution >= 0.6 is 15.9 Å². The lowest BCUT2D eigenvalue weighted by Crippen LogP contribution is -2.36. The van der Waals surface area contributed by atoms with Crippen molar-refractivity contribution in [3.63, 3.8) is 0 Å². The number of carbonyl (C=O) groups excluding carboxylic acids is 2. The van der Waals surface area contributed by atoms with Gasteiger partial charge in [0.2, 0.25) is 5.75 Å². The summed E-state index contributed by atoms with van der Waals surface area (Å²) >= 11 is 3.46. The smallest absolute Gasteiger partial charge is 0.318 e. The summed E-state index contributed by atoms with van der Waals surface area (Å²) < 4.78 is 6.68. The quantitative estimate of drug-likeness (QED) is 0.363. The predicted octanol–water partition coefficient (Wildman–Crippen LogP) is 5.76. The Hall–Kier alpha value is -3.86. The molecule has 0 radical (unpaired) electrons. The fourth-order valence-electron chi connectivity index (χ4n) is 5.10. The second kappa shape index (κ2) is 9.30. The number of non-ortho nitro benzene ring substituents is 1. The molecule has 1 heterocycles. The van der Waals surface area contributed by atoms with E-state index in [0.29, 0.717) is 59.7 Å². The normalized spacial score (nSPS) is 17.9. The molecule has 0 fully saturated rings. The molecule has 36 heavy (non-hydrogen) atoms. The maximum Gasteiger partial charge on any atom is 0.318 e. The van der Waals surface area contributed by atoms with Crippen LogP contribution < -0.4 is 10.1 Å². The topological polar surface area (TPSA) is 142 Å². The van der Waals surface area contributed by atoms with Crippen molar-refractivity contribution in [1.82, 2.24) is 5.32 Å². The fraction of sp³-hybridized carbons (Fsp3) is 0.280. The Bertz CT molecular complexity index is 1370. The Morgan fingerprint density at radius 2 is 1.44 bits per heavy atom. The number of nitrogens with one attached hydrogen (secondary N) is 1. The summed E-state index contributed by atoms with van der Waals surface area (Å²) in [4.78, 5) is 47.6. The van der Waals surface area contributed by atoms with E-state index < -0.39 is 27.1 Å². The van der Waals surface area contributed by atoms with Crippen LogP contribution in [0.25, 0.3) is 0 Å². The van der Waals surface area contributed by atoms with Crippen LogP contribution in [0.5, 0.6) is 11.5 Å². The Morgan fingerprint density at radius 3 is 2.03 bits per heavy atom. The molecule has 1 N–H and O–H groups in total. The largest absolute Gasteiger partial charge is 0.450 e. The molecule has 0 unspecified atom stereocenters. The van der Waals surface area contributed by atoms with Crippen molar-refractivity contribution in [2.45, 2.75) is 44.4 Å². The van der Waals surface area contributed by atoms with Gasteiger partial charge >= 0.3 is 5.69 Å². The third-order valence-electron chi connectivity index (χ3n) is 6.64. The molecule has 2 aromatic rings. The number of hydrogen-bond acceptors (Lipinski definition) is 8. The van der Waals surface area contributed by atoms with Gasteiger partial charge in [-0.3, -0.25) is 29.8 Å². The highest BCUT2D eigenvalue weighted by molar-refractivity contribution is 9.10. The number of hydrogen-bond donors (Lipinski definition) is 1. The van der Waals surface area contributed by atoms with Crippen LogP contribution in [0.1, 0.15) is 50.0 Å². The van der Waals surface area contributed by atoms with Gasteiger partial charge in [0, 0.05) is 57.4 Å². The van der Waals surface area contributed by atoms with Gasteiger partial charge in [0.1, 0.15) is 5.75 Å². The first-order valence-electron chi connectivity index (χ1n) is 11.4. The van der Waals surface area contributed by atoms with Gasteiger partial charge in [0.15, 0.2) is 11.6 Å². The summed E-state index contributed by atoms with van der Waals surface area (Å²) in [5, 5.41) is 26.2. The molecule has 0 saturated heterocycles. The minimum Gasteiger partial charge on any atom is -0.450 e. The van der Waals surface area contributed by atoms with E-state index in [2.05, 4.69) is 21.2 Å². The number of ketones is 2. The van der Waals surface area contributed by atoms with Gasteiger partial charge in [0.25, 0.3) is 5.69 Å². The number of nitro groups is 2. The lowest BCUT2D eigenvalue weighted by molar-refractivity contribution is -0.394. The number of dihydropyridines is 1. The first-order valence-corrected chi connectivity index (χ1v) is 12.2. The molecule has 2 aliphatic carbocycles. The first-order chi connectivity index (χ1) is 17.2. The number of rotatable bonds is 5. The molecule has 0 amide bonds. The van der Waals surface area contributed by atoms with E-state index in [-0.39, 0.29) is 23.1 Å². The second-order valence-electron chi connectivity index (χ2n) is 8.85. The SMILES string of the molecule is O=C1CCCC2=C1C(c1cc(Br)ccc1Oc1ccc([N+](=O)[O-])cc1[N+](=O)[O-])C1=C(CCCC1=O)N2. The molecule has 0 saturated carbocycles. The van der Waals surface area contributed by atoms with Gasteiger partial charge in [-0.15, -0.1) is 0 Å². The van der Waals surface area contributed by atoms with Crippen LogP contribution in [0.4, 0.5) is 11.4 Å². The highest BCUT2D eigenvalue weighted by atomic mass is 79.9. The Kier molecular flexibility index (Phi) is 6.17. The molecule has 10 nitrogen and oxygen atoms in total. The molecule has 0 bridgehead atoms. The number of nitrogens with zero attached hydrogens (tertiary/aromatic N) is 2. The number of benzene rings is 2. The van der Waals surface area contributed by atoms with Crippen LogP contribution in [0, 0.1) is 20.2 Å². The summed E-state index contributed by atoms with van der Waals surface area (Å²) in [7, 11) is 0. The Balaban J connectivity index is 1.68. The lowest BCUT2D eigenvalue weighted by Gasteiger charge is -2.37. The minimum atomic E-state index is -0.748. The molecule has 11 heteroatoms. The number of allylic oxidation sites excluding steroid dienone is 4. The van der Waals surface area contributed by atoms with E-state index in [1.54, 1.807) is 18.2 Å². The van der Waals surface area contributed by atoms with Crippen molar-refractivity contribution >= 4 is 38.9 Å². The molecular formula is C25H20BrN3O7. The monoisotopic (exact) mass is 553 g/mol. The van der Waals surface area contributed by atoms with Crippen LogP contribution in [0.15, 0.2) is 63.4 Å². The van der Waals surface area contributed by atoms with Gasteiger partial charge in [-0.05, 0) is 49.9 Å². The number of ether oxygens (including phenoxy) is 1. The van der Waals surface area contributed by atoms with Crippen molar-refractivity contribution in [3.8, 4) is 11.5 Å². The third kappa shape index (κ3) is 4.19. The third-order valence-corrected chi connectivity index (χ3v) is 7.14. The van der Waals surface area contributed by atoms with Crippen molar-refractivity contribution in [2.24, 2.45) is 0 Å². The second-order valence-corrected chi connectivity index (χ2v) is 9.76. The van der Waals surface area contributed by atoms with Gasteiger partial charge in [0.05, 0.1) is 15.9 Å². The zero-order valence-electron chi connectivity index (χ0n) is 18.9. The van der Waals surface area contributed by atoms with Gasteiger partial charge in [-0.25, -0.2) is 0 Å². The molecule has 0 aromatic heterocycles. The molecule has 0 spiro atoms. The van der Waals surface area contributed by atoms with E-state index in [4.69, 9.17) is 4.74 Å². The summed E-state index contributed by atoms with van der Waals surface area (Å²) in [6, 6.07) is 8.19. The summed E-state index contributed by atoms with van der Waals surface area (Å²) in [5.41, 5.74) is 2.17.